The number of hydrogen-bond donors (Lipinski definition) is 3. The molecule has 3 heterocycles. The Bertz CT molecular complexity index is 722. The standard InChI is InChI=1S/C20H28N2O4/c1-11(24)6-12-7-18-20(9-16(21-18)14(12)10-23)15-5-4-13(26-3)8-17(15)22(2)19(20)25/h4-5,8,11-12,14,16,18,21,23-24H,6-7,9-10H2,1-3H3. The number of aliphatic hydroxyl groups excluding tert-OH is 2. The van der Waals surface area contributed by atoms with Crippen LogP contribution in [0.5, 0.6) is 5.75 Å². The predicted molar refractivity (Wildman–Crippen MR) is 98.4 cm³/mol. The first-order chi connectivity index (χ1) is 12.4. The van der Waals surface area contributed by atoms with Crippen molar-refractivity contribution in [3.63, 3.8) is 0 Å². The molecular weight excluding hydrogens is 332 g/mol. The molecule has 6 nitrogen and oxygen atoms in total. The number of rotatable bonds is 4. The number of aliphatic hydroxyl groups is 2. The molecule has 1 spiro atoms. The maximum absolute atomic E-state index is 13.4. The van der Waals surface area contributed by atoms with Gasteiger partial charge in [0.2, 0.25) is 5.91 Å². The molecule has 3 N–H and O–H groups in total. The summed E-state index contributed by atoms with van der Waals surface area (Å²) in [5.41, 5.74) is 1.39. The van der Waals surface area contributed by atoms with Crippen molar-refractivity contribution in [2.45, 2.75) is 49.8 Å². The van der Waals surface area contributed by atoms with Crippen molar-refractivity contribution in [1.82, 2.24) is 5.32 Å². The maximum Gasteiger partial charge on any atom is 0.239 e. The van der Waals surface area contributed by atoms with E-state index < -0.39 is 11.5 Å². The van der Waals surface area contributed by atoms with E-state index in [0.717, 1.165) is 23.4 Å². The fourth-order valence-electron chi connectivity index (χ4n) is 5.64. The average molecular weight is 360 g/mol. The van der Waals surface area contributed by atoms with Crippen LogP contribution in [0.25, 0.3) is 0 Å². The molecule has 4 rings (SSSR count). The van der Waals surface area contributed by atoms with E-state index >= 15 is 0 Å². The van der Waals surface area contributed by atoms with Crippen LogP contribution in [0.4, 0.5) is 5.69 Å². The molecule has 1 amide bonds. The number of carbonyl (C=O) groups excluding carboxylic acids is 1. The highest BCUT2D eigenvalue weighted by molar-refractivity contribution is 6.09. The summed E-state index contributed by atoms with van der Waals surface area (Å²) < 4.78 is 5.34. The Kier molecular flexibility index (Phi) is 4.25. The summed E-state index contributed by atoms with van der Waals surface area (Å²) >= 11 is 0. The molecule has 2 saturated heterocycles. The lowest BCUT2D eigenvalue weighted by Crippen LogP contribution is -2.52. The maximum atomic E-state index is 13.4. The van der Waals surface area contributed by atoms with Crippen LogP contribution < -0.4 is 15.0 Å². The number of nitrogens with zero attached hydrogens (tertiary/aromatic N) is 1. The number of piperidine rings is 1. The van der Waals surface area contributed by atoms with Crippen molar-refractivity contribution in [3.8, 4) is 5.75 Å². The van der Waals surface area contributed by atoms with E-state index in [9.17, 15) is 15.0 Å². The zero-order valence-corrected chi connectivity index (χ0v) is 15.6. The second kappa shape index (κ2) is 6.22. The summed E-state index contributed by atoms with van der Waals surface area (Å²) in [4.78, 5) is 15.1. The molecule has 0 radical (unpaired) electrons. The van der Waals surface area contributed by atoms with Gasteiger partial charge in [0.1, 0.15) is 5.75 Å². The first kappa shape index (κ1) is 17.8. The summed E-state index contributed by atoms with van der Waals surface area (Å²) in [5, 5.41) is 23.5. The van der Waals surface area contributed by atoms with Crippen molar-refractivity contribution >= 4 is 11.6 Å². The fourth-order valence-corrected chi connectivity index (χ4v) is 5.64. The summed E-state index contributed by atoms with van der Waals surface area (Å²) in [6, 6.07) is 6.00. The van der Waals surface area contributed by atoms with Gasteiger partial charge in [0.25, 0.3) is 0 Å². The van der Waals surface area contributed by atoms with Crippen LogP contribution in [0.1, 0.15) is 31.7 Å². The smallest absolute Gasteiger partial charge is 0.239 e. The molecule has 2 bridgehead atoms. The van der Waals surface area contributed by atoms with E-state index in [4.69, 9.17) is 4.74 Å². The summed E-state index contributed by atoms with van der Waals surface area (Å²) in [5.74, 6) is 1.15. The Balaban J connectivity index is 1.76. The van der Waals surface area contributed by atoms with Gasteiger partial charge in [0.15, 0.2) is 0 Å². The number of likely N-dealkylation sites (N-methyl/N-ethyl adjacent to an activating group) is 1. The molecule has 0 aromatic heterocycles. The summed E-state index contributed by atoms with van der Waals surface area (Å²) in [7, 11) is 3.46. The summed E-state index contributed by atoms with van der Waals surface area (Å²) in [6.07, 6.45) is 1.75. The molecule has 6 heteroatoms. The average Bonchev–Trinajstić information content (AvgIpc) is 3.03. The molecule has 1 aromatic carbocycles. The van der Waals surface area contributed by atoms with Gasteiger partial charge in [-0.3, -0.25) is 4.79 Å². The van der Waals surface area contributed by atoms with E-state index in [1.807, 2.05) is 25.2 Å². The highest BCUT2D eigenvalue weighted by Gasteiger charge is 2.63. The van der Waals surface area contributed by atoms with Crippen LogP contribution in [-0.2, 0) is 10.2 Å². The van der Waals surface area contributed by atoms with Crippen LogP contribution in [0.15, 0.2) is 18.2 Å². The Morgan fingerprint density at radius 1 is 1.46 bits per heavy atom. The number of ether oxygens (including phenoxy) is 1. The third kappa shape index (κ3) is 2.32. The van der Waals surface area contributed by atoms with Gasteiger partial charge in [0, 0.05) is 37.7 Å². The van der Waals surface area contributed by atoms with E-state index in [0.29, 0.717) is 12.8 Å². The lowest BCUT2D eigenvalue weighted by atomic mass is 9.73. The second-order valence-corrected chi connectivity index (χ2v) is 8.18. The largest absolute Gasteiger partial charge is 0.497 e. The predicted octanol–water partition coefficient (Wildman–Crippen LogP) is 1.04. The van der Waals surface area contributed by atoms with Crippen LogP contribution in [0.2, 0.25) is 0 Å². The molecule has 0 aliphatic carbocycles. The molecule has 1 aromatic rings. The van der Waals surface area contributed by atoms with E-state index in [2.05, 4.69) is 5.32 Å². The Morgan fingerprint density at radius 3 is 2.88 bits per heavy atom. The minimum atomic E-state index is -0.581. The van der Waals surface area contributed by atoms with Crippen LogP contribution in [-0.4, -0.2) is 55.1 Å². The van der Waals surface area contributed by atoms with Crippen molar-refractivity contribution in [2.75, 3.05) is 25.7 Å². The number of benzene rings is 1. The first-order valence-corrected chi connectivity index (χ1v) is 9.44. The minimum Gasteiger partial charge on any atom is -0.497 e. The Hall–Kier alpha value is -1.63. The number of carbonyl (C=O) groups is 1. The van der Waals surface area contributed by atoms with Gasteiger partial charge < -0.3 is 25.2 Å². The number of fused-ring (bicyclic) bond motifs is 5. The third-order valence-electron chi connectivity index (χ3n) is 6.80. The van der Waals surface area contributed by atoms with Crippen molar-refractivity contribution < 1.29 is 19.7 Å². The molecule has 142 valence electrons. The van der Waals surface area contributed by atoms with Crippen molar-refractivity contribution in [3.05, 3.63) is 23.8 Å². The molecule has 2 fully saturated rings. The van der Waals surface area contributed by atoms with Crippen LogP contribution >= 0.6 is 0 Å². The van der Waals surface area contributed by atoms with Gasteiger partial charge in [-0.05, 0) is 43.7 Å². The molecule has 0 saturated carbocycles. The van der Waals surface area contributed by atoms with Gasteiger partial charge in [-0.1, -0.05) is 6.07 Å². The lowest BCUT2D eigenvalue weighted by Gasteiger charge is -2.38. The fraction of sp³-hybridized carbons (Fsp3) is 0.650. The SMILES string of the molecule is COc1ccc2c(c1)N(C)C(=O)C21CC2NC1CC(CC(C)O)C2CO. The number of hydrogen-bond acceptors (Lipinski definition) is 5. The van der Waals surface area contributed by atoms with Gasteiger partial charge in [0.05, 0.1) is 24.3 Å². The number of anilines is 1. The first-order valence-electron chi connectivity index (χ1n) is 9.44. The number of amides is 1. The number of nitrogens with one attached hydrogen (secondary N) is 1. The van der Waals surface area contributed by atoms with Gasteiger partial charge >= 0.3 is 0 Å². The minimum absolute atomic E-state index is 0.0312. The van der Waals surface area contributed by atoms with Gasteiger partial charge in [-0.2, -0.15) is 0 Å². The Morgan fingerprint density at radius 2 is 2.23 bits per heavy atom. The van der Waals surface area contributed by atoms with Crippen molar-refractivity contribution in [1.29, 1.82) is 0 Å². The topological polar surface area (TPSA) is 82.0 Å². The lowest BCUT2D eigenvalue weighted by molar-refractivity contribution is -0.123. The molecule has 3 aliphatic heterocycles. The molecule has 3 aliphatic rings. The molecule has 26 heavy (non-hydrogen) atoms. The van der Waals surface area contributed by atoms with Gasteiger partial charge in [-0.25, -0.2) is 0 Å². The molecular formula is C20H28N2O4. The third-order valence-corrected chi connectivity index (χ3v) is 6.80. The van der Waals surface area contributed by atoms with E-state index in [1.54, 1.807) is 18.9 Å². The monoisotopic (exact) mass is 360 g/mol. The van der Waals surface area contributed by atoms with E-state index in [-0.39, 0.29) is 36.4 Å². The van der Waals surface area contributed by atoms with Crippen LogP contribution in [0.3, 0.4) is 0 Å². The van der Waals surface area contributed by atoms with Gasteiger partial charge in [-0.15, -0.1) is 0 Å². The van der Waals surface area contributed by atoms with Crippen molar-refractivity contribution in [2.24, 2.45) is 11.8 Å². The normalized spacial score (nSPS) is 36.5. The van der Waals surface area contributed by atoms with Crippen LogP contribution in [0, 0.1) is 11.8 Å². The highest BCUT2D eigenvalue weighted by Crippen LogP contribution is 2.55. The quantitative estimate of drug-likeness (QED) is 0.747. The molecule has 6 atom stereocenters. The Labute approximate surface area is 154 Å². The molecule has 6 unspecified atom stereocenters. The zero-order valence-electron chi connectivity index (χ0n) is 15.6. The second-order valence-electron chi connectivity index (χ2n) is 8.18. The zero-order chi connectivity index (χ0) is 18.6. The summed E-state index contributed by atoms with van der Waals surface area (Å²) in [6.45, 7) is 1.88. The van der Waals surface area contributed by atoms with E-state index in [1.165, 1.54) is 0 Å². The number of methoxy groups -OCH3 is 1. The highest BCUT2D eigenvalue weighted by atomic mass is 16.5.